The molecule has 142 valence electrons. The Kier molecular flexibility index (Phi) is 6.64. The van der Waals surface area contributed by atoms with Crippen LogP contribution in [0.3, 0.4) is 0 Å². The normalized spacial score (nSPS) is 10.8. The molecule has 3 N–H and O–H groups in total. The molecule has 1 aromatic rings. The SMILES string of the molecule is COC(=O)c1cc(NC(=O)NC(C)(C)CCC(=O)O)c(C)c([N+](=O)[O-])c1. The van der Waals surface area contributed by atoms with Gasteiger partial charge in [0.05, 0.1) is 28.8 Å². The van der Waals surface area contributed by atoms with Crippen LogP contribution in [0.2, 0.25) is 0 Å². The van der Waals surface area contributed by atoms with E-state index in [1.807, 2.05) is 0 Å². The van der Waals surface area contributed by atoms with E-state index in [4.69, 9.17) is 5.11 Å². The number of carbonyl (C=O) groups is 3. The predicted molar refractivity (Wildman–Crippen MR) is 92.3 cm³/mol. The Labute approximate surface area is 149 Å². The lowest BCUT2D eigenvalue weighted by molar-refractivity contribution is -0.385. The van der Waals surface area contributed by atoms with E-state index < -0.39 is 28.4 Å². The molecule has 0 unspecified atom stereocenters. The first-order chi connectivity index (χ1) is 12.0. The van der Waals surface area contributed by atoms with Crippen molar-refractivity contribution in [3.05, 3.63) is 33.4 Å². The molecule has 1 rings (SSSR count). The number of nitro benzene ring substituents is 1. The number of hydrogen-bond donors (Lipinski definition) is 3. The Morgan fingerprint density at radius 3 is 2.42 bits per heavy atom. The predicted octanol–water partition coefficient (Wildman–Crippen LogP) is 2.45. The second-order valence-electron chi connectivity index (χ2n) is 6.27. The van der Waals surface area contributed by atoms with Gasteiger partial charge in [-0.15, -0.1) is 0 Å². The number of carboxylic acids is 1. The van der Waals surface area contributed by atoms with Gasteiger partial charge in [-0.25, -0.2) is 9.59 Å². The number of nitro groups is 1. The number of urea groups is 1. The van der Waals surface area contributed by atoms with Gasteiger partial charge in [0.15, 0.2) is 0 Å². The standard InChI is InChI=1S/C16H21N3O7/c1-9-11(7-10(14(22)26-4)8-12(9)19(24)25)17-15(23)18-16(2,3)6-5-13(20)21/h7-8H,5-6H2,1-4H3,(H,20,21)(H2,17,18,23). The van der Waals surface area contributed by atoms with E-state index in [1.54, 1.807) is 13.8 Å². The van der Waals surface area contributed by atoms with Crippen LogP contribution in [-0.4, -0.2) is 40.6 Å². The minimum Gasteiger partial charge on any atom is -0.481 e. The van der Waals surface area contributed by atoms with E-state index in [-0.39, 0.29) is 35.3 Å². The van der Waals surface area contributed by atoms with Crippen LogP contribution in [0.4, 0.5) is 16.2 Å². The number of carboxylic acid groups (broad SMARTS) is 1. The zero-order chi connectivity index (χ0) is 20.1. The number of rotatable bonds is 7. The number of benzene rings is 1. The lowest BCUT2D eigenvalue weighted by Crippen LogP contribution is -2.45. The quantitative estimate of drug-likeness (QED) is 0.381. The highest BCUT2D eigenvalue weighted by Crippen LogP contribution is 2.28. The summed E-state index contributed by atoms with van der Waals surface area (Å²) in [6.07, 6.45) is 0.0622. The Bertz CT molecular complexity index is 744. The smallest absolute Gasteiger partial charge is 0.338 e. The second-order valence-corrected chi connectivity index (χ2v) is 6.27. The van der Waals surface area contributed by atoms with Gasteiger partial charge < -0.3 is 20.5 Å². The summed E-state index contributed by atoms with van der Waals surface area (Å²) in [6, 6.07) is 1.67. The summed E-state index contributed by atoms with van der Waals surface area (Å²) >= 11 is 0. The molecule has 0 saturated heterocycles. The number of nitrogens with zero attached hydrogens (tertiary/aromatic N) is 1. The van der Waals surface area contributed by atoms with Crippen molar-refractivity contribution in [1.29, 1.82) is 0 Å². The van der Waals surface area contributed by atoms with Gasteiger partial charge in [0.2, 0.25) is 0 Å². The fraction of sp³-hybridized carbons (Fsp3) is 0.438. The van der Waals surface area contributed by atoms with Gasteiger partial charge in [-0.1, -0.05) is 0 Å². The molecule has 0 aliphatic rings. The van der Waals surface area contributed by atoms with Crippen LogP contribution in [0.1, 0.15) is 42.6 Å². The first-order valence-electron chi connectivity index (χ1n) is 7.65. The van der Waals surface area contributed by atoms with Gasteiger partial charge in [-0.3, -0.25) is 14.9 Å². The molecule has 0 aliphatic carbocycles. The molecule has 0 fully saturated rings. The fourth-order valence-electron chi connectivity index (χ4n) is 2.20. The third kappa shape index (κ3) is 5.72. The van der Waals surface area contributed by atoms with Crippen molar-refractivity contribution < 1.29 is 29.2 Å². The highest BCUT2D eigenvalue weighted by atomic mass is 16.6. The molecule has 0 bridgehead atoms. The Balaban J connectivity index is 3.05. The number of methoxy groups -OCH3 is 1. The minimum atomic E-state index is -0.988. The van der Waals surface area contributed by atoms with E-state index in [9.17, 15) is 24.5 Å². The molecule has 10 heteroatoms. The van der Waals surface area contributed by atoms with Crippen molar-refractivity contribution in [2.75, 3.05) is 12.4 Å². The monoisotopic (exact) mass is 367 g/mol. The van der Waals surface area contributed by atoms with Crippen molar-refractivity contribution in [2.45, 2.75) is 39.2 Å². The van der Waals surface area contributed by atoms with Crippen LogP contribution in [0.15, 0.2) is 12.1 Å². The number of amides is 2. The van der Waals surface area contributed by atoms with Crippen LogP contribution in [0, 0.1) is 17.0 Å². The number of aliphatic carboxylic acids is 1. The van der Waals surface area contributed by atoms with Gasteiger partial charge >= 0.3 is 18.0 Å². The van der Waals surface area contributed by atoms with E-state index in [0.717, 1.165) is 13.2 Å². The molecule has 26 heavy (non-hydrogen) atoms. The first-order valence-corrected chi connectivity index (χ1v) is 7.65. The molecule has 10 nitrogen and oxygen atoms in total. The van der Waals surface area contributed by atoms with Crippen LogP contribution in [0.5, 0.6) is 0 Å². The summed E-state index contributed by atoms with van der Waals surface area (Å²) in [5, 5.41) is 25.0. The molecule has 0 aromatic heterocycles. The van der Waals surface area contributed by atoms with E-state index >= 15 is 0 Å². The maximum Gasteiger partial charge on any atom is 0.338 e. The van der Waals surface area contributed by atoms with Crippen LogP contribution < -0.4 is 10.6 Å². The third-order valence-corrected chi connectivity index (χ3v) is 3.66. The third-order valence-electron chi connectivity index (χ3n) is 3.66. The summed E-state index contributed by atoms with van der Waals surface area (Å²) in [7, 11) is 1.14. The number of esters is 1. The number of hydrogen-bond acceptors (Lipinski definition) is 6. The lowest BCUT2D eigenvalue weighted by atomic mass is 9.99. The summed E-state index contributed by atoms with van der Waals surface area (Å²) in [5.41, 5.74) is -0.992. The maximum atomic E-state index is 12.2. The van der Waals surface area contributed by atoms with Crippen molar-refractivity contribution in [3.8, 4) is 0 Å². The highest BCUT2D eigenvalue weighted by molar-refractivity contribution is 5.96. The van der Waals surface area contributed by atoms with Crippen LogP contribution in [0.25, 0.3) is 0 Å². The lowest BCUT2D eigenvalue weighted by Gasteiger charge is -2.26. The number of anilines is 1. The molecule has 0 atom stereocenters. The molecular formula is C16H21N3O7. The van der Waals surface area contributed by atoms with E-state index in [0.29, 0.717) is 0 Å². The average molecular weight is 367 g/mol. The van der Waals surface area contributed by atoms with Gasteiger partial charge in [0.25, 0.3) is 5.69 Å². The molecular weight excluding hydrogens is 346 g/mol. The topological polar surface area (TPSA) is 148 Å². The zero-order valence-electron chi connectivity index (χ0n) is 14.9. The molecule has 0 aliphatic heterocycles. The van der Waals surface area contributed by atoms with Gasteiger partial charge in [-0.2, -0.15) is 0 Å². The molecule has 0 spiro atoms. The summed E-state index contributed by atoms with van der Waals surface area (Å²) in [5.74, 6) is -1.77. The summed E-state index contributed by atoms with van der Waals surface area (Å²) in [6.45, 7) is 4.73. The van der Waals surface area contributed by atoms with Crippen molar-refractivity contribution in [2.24, 2.45) is 0 Å². The number of carbonyl (C=O) groups excluding carboxylic acids is 2. The molecule has 1 aromatic carbocycles. The zero-order valence-corrected chi connectivity index (χ0v) is 14.9. The largest absolute Gasteiger partial charge is 0.481 e. The first kappa shape index (κ1) is 20.9. The van der Waals surface area contributed by atoms with Crippen molar-refractivity contribution in [3.63, 3.8) is 0 Å². The van der Waals surface area contributed by atoms with Crippen molar-refractivity contribution >= 4 is 29.3 Å². The van der Waals surface area contributed by atoms with Crippen molar-refractivity contribution in [1.82, 2.24) is 5.32 Å². The Hall–Kier alpha value is -3.17. The highest BCUT2D eigenvalue weighted by Gasteiger charge is 2.24. The number of nitrogens with one attached hydrogen (secondary N) is 2. The van der Waals surface area contributed by atoms with Crippen LogP contribution >= 0.6 is 0 Å². The molecule has 0 heterocycles. The van der Waals surface area contributed by atoms with Gasteiger partial charge in [0, 0.05) is 18.0 Å². The van der Waals surface area contributed by atoms with E-state index in [2.05, 4.69) is 15.4 Å². The molecule has 0 saturated carbocycles. The Morgan fingerprint density at radius 2 is 1.92 bits per heavy atom. The molecule has 0 radical (unpaired) electrons. The second kappa shape index (κ2) is 8.28. The maximum absolute atomic E-state index is 12.2. The summed E-state index contributed by atoms with van der Waals surface area (Å²) in [4.78, 5) is 45.1. The number of ether oxygens (including phenoxy) is 1. The molecule has 2 amide bonds. The van der Waals surface area contributed by atoms with Crippen LogP contribution in [-0.2, 0) is 9.53 Å². The average Bonchev–Trinajstić information content (AvgIpc) is 2.53. The summed E-state index contributed by atoms with van der Waals surface area (Å²) < 4.78 is 4.56. The minimum absolute atomic E-state index is 0.0751. The van der Waals surface area contributed by atoms with E-state index in [1.165, 1.54) is 13.0 Å². The Morgan fingerprint density at radius 1 is 1.31 bits per heavy atom. The van der Waals surface area contributed by atoms with Gasteiger partial charge in [-0.05, 0) is 33.3 Å². The fourth-order valence-corrected chi connectivity index (χ4v) is 2.20. The van der Waals surface area contributed by atoms with Gasteiger partial charge in [0.1, 0.15) is 0 Å².